The number of halogens is 1. The summed E-state index contributed by atoms with van der Waals surface area (Å²) < 4.78 is 2.06. The zero-order chi connectivity index (χ0) is 16.8. The van der Waals surface area contributed by atoms with Gasteiger partial charge in [-0.15, -0.1) is 24.0 Å². The molecule has 6 heteroatoms. The van der Waals surface area contributed by atoms with Gasteiger partial charge in [0.15, 0.2) is 5.96 Å². The summed E-state index contributed by atoms with van der Waals surface area (Å²) in [6, 6.07) is 6.63. The summed E-state index contributed by atoms with van der Waals surface area (Å²) in [4.78, 5) is 9.37. The number of imidazole rings is 1. The molecule has 3 rings (SSSR count). The van der Waals surface area contributed by atoms with Crippen LogP contribution in [0.4, 0.5) is 0 Å². The van der Waals surface area contributed by atoms with Crippen molar-refractivity contribution in [3.05, 3.63) is 36.3 Å². The van der Waals surface area contributed by atoms with Crippen LogP contribution in [0.2, 0.25) is 0 Å². The molecule has 5 nitrogen and oxygen atoms in total. The van der Waals surface area contributed by atoms with Crippen LogP contribution < -0.4 is 10.6 Å². The highest BCUT2D eigenvalue weighted by Gasteiger charge is 2.18. The van der Waals surface area contributed by atoms with E-state index in [9.17, 15) is 0 Å². The van der Waals surface area contributed by atoms with E-state index in [1.807, 2.05) is 24.4 Å². The second-order valence-electron chi connectivity index (χ2n) is 6.81. The number of hydrogen-bond acceptors (Lipinski definition) is 2. The van der Waals surface area contributed by atoms with Crippen LogP contribution in [-0.4, -0.2) is 34.5 Å². The Balaban J connectivity index is 0.00000225. The number of nitrogens with zero attached hydrogens (tertiary/aromatic N) is 3. The highest BCUT2D eigenvalue weighted by atomic mass is 127. The Morgan fingerprint density at radius 2 is 2.08 bits per heavy atom. The van der Waals surface area contributed by atoms with Crippen molar-refractivity contribution in [1.82, 2.24) is 20.0 Å². The van der Waals surface area contributed by atoms with Crippen LogP contribution in [0.3, 0.4) is 0 Å². The molecule has 2 aromatic heterocycles. The Labute approximate surface area is 167 Å². The molecule has 1 aliphatic carbocycles. The largest absolute Gasteiger partial charge is 0.357 e. The van der Waals surface area contributed by atoms with Crippen LogP contribution in [0.1, 0.15) is 45.2 Å². The molecule has 138 valence electrons. The zero-order valence-corrected chi connectivity index (χ0v) is 17.6. The van der Waals surface area contributed by atoms with Crippen LogP contribution in [0, 0.1) is 5.92 Å². The van der Waals surface area contributed by atoms with Crippen molar-refractivity contribution >= 4 is 35.6 Å². The minimum absolute atomic E-state index is 0. The maximum Gasteiger partial charge on any atom is 0.191 e. The molecule has 0 spiro atoms. The van der Waals surface area contributed by atoms with E-state index < -0.39 is 0 Å². The molecule has 2 heterocycles. The van der Waals surface area contributed by atoms with Crippen molar-refractivity contribution in [2.75, 3.05) is 13.1 Å². The molecule has 0 unspecified atom stereocenters. The topological polar surface area (TPSA) is 53.7 Å². The first-order chi connectivity index (χ1) is 11.7. The van der Waals surface area contributed by atoms with Gasteiger partial charge < -0.3 is 15.0 Å². The van der Waals surface area contributed by atoms with Crippen LogP contribution in [-0.2, 0) is 6.42 Å². The van der Waals surface area contributed by atoms with Crippen molar-refractivity contribution in [2.24, 2.45) is 10.9 Å². The van der Waals surface area contributed by atoms with Gasteiger partial charge in [-0.25, -0.2) is 4.98 Å². The van der Waals surface area contributed by atoms with Crippen molar-refractivity contribution in [3.63, 3.8) is 0 Å². The number of guanidine groups is 1. The standard InChI is InChI=1S/C19H29N5.HI/c1-3-20-19(23-16-9-7-15(2)8-10-16)21-12-11-17-14-24-13-5-4-6-18(24)22-17;/h4-6,13-16H,3,7-12H2,1-2H3,(H2,20,21,23);1H. The molecular formula is C19H30IN5. The summed E-state index contributed by atoms with van der Waals surface area (Å²) in [7, 11) is 0. The van der Waals surface area contributed by atoms with E-state index in [2.05, 4.69) is 40.1 Å². The molecule has 0 amide bonds. The second-order valence-corrected chi connectivity index (χ2v) is 6.81. The first-order valence-electron chi connectivity index (χ1n) is 9.22. The average molecular weight is 455 g/mol. The summed E-state index contributed by atoms with van der Waals surface area (Å²) in [5.41, 5.74) is 2.09. The monoisotopic (exact) mass is 455 g/mol. The van der Waals surface area contributed by atoms with Gasteiger partial charge in [-0.1, -0.05) is 13.0 Å². The fraction of sp³-hybridized carbons (Fsp3) is 0.579. The highest BCUT2D eigenvalue weighted by Crippen LogP contribution is 2.23. The Bertz CT molecular complexity index is 640. The Morgan fingerprint density at radius 1 is 1.28 bits per heavy atom. The molecule has 0 aromatic carbocycles. The van der Waals surface area contributed by atoms with Gasteiger partial charge in [-0.2, -0.15) is 0 Å². The fourth-order valence-corrected chi connectivity index (χ4v) is 3.31. The molecule has 1 saturated carbocycles. The highest BCUT2D eigenvalue weighted by molar-refractivity contribution is 14.0. The summed E-state index contributed by atoms with van der Waals surface area (Å²) in [5.74, 6) is 1.82. The number of nitrogens with one attached hydrogen (secondary N) is 2. The van der Waals surface area contributed by atoms with Crippen molar-refractivity contribution in [3.8, 4) is 0 Å². The number of aromatic nitrogens is 2. The summed E-state index contributed by atoms with van der Waals surface area (Å²) in [6.45, 7) is 6.11. The molecule has 1 fully saturated rings. The maximum absolute atomic E-state index is 4.74. The first-order valence-corrected chi connectivity index (χ1v) is 9.22. The molecule has 1 aliphatic rings. The normalized spacial score (nSPS) is 21.0. The van der Waals surface area contributed by atoms with E-state index in [0.29, 0.717) is 6.04 Å². The van der Waals surface area contributed by atoms with E-state index in [0.717, 1.165) is 42.7 Å². The van der Waals surface area contributed by atoms with Gasteiger partial charge >= 0.3 is 0 Å². The van der Waals surface area contributed by atoms with E-state index in [4.69, 9.17) is 4.99 Å². The van der Waals surface area contributed by atoms with Gasteiger partial charge in [0.1, 0.15) is 5.65 Å². The fourth-order valence-electron chi connectivity index (χ4n) is 3.31. The summed E-state index contributed by atoms with van der Waals surface area (Å²) in [5, 5.41) is 6.97. The Morgan fingerprint density at radius 3 is 2.80 bits per heavy atom. The predicted octanol–water partition coefficient (Wildman–Crippen LogP) is 3.63. The molecule has 0 radical (unpaired) electrons. The molecule has 25 heavy (non-hydrogen) atoms. The van der Waals surface area contributed by atoms with Crippen LogP contribution in [0.5, 0.6) is 0 Å². The van der Waals surface area contributed by atoms with Gasteiger partial charge in [0.05, 0.1) is 5.69 Å². The first kappa shape index (κ1) is 20.0. The molecule has 0 saturated heterocycles. The molecule has 2 N–H and O–H groups in total. The van der Waals surface area contributed by atoms with Gasteiger partial charge in [0.2, 0.25) is 0 Å². The Hall–Kier alpha value is -1.31. The summed E-state index contributed by atoms with van der Waals surface area (Å²) >= 11 is 0. The lowest BCUT2D eigenvalue weighted by atomic mass is 9.87. The number of fused-ring (bicyclic) bond motifs is 1. The molecular weight excluding hydrogens is 425 g/mol. The second kappa shape index (κ2) is 9.99. The zero-order valence-electron chi connectivity index (χ0n) is 15.2. The number of hydrogen-bond donors (Lipinski definition) is 2. The quantitative estimate of drug-likeness (QED) is 0.412. The number of rotatable bonds is 5. The van der Waals surface area contributed by atoms with Crippen molar-refractivity contribution < 1.29 is 0 Å². The van der Waals surface area contributed by atoms with Gasteiger partial charge in [0, 0.05) is 37.9 Å². The third kappa shape index (κ3) is 5.87. The lowest BCUT2D eigenvalue weighted by molar-refractivity contribution is 0.329. The minimum atomic E-state index is 0. The lowest BCUT2D eigenvalue weighted by Crippen LogP contribution is -2.44. The van der Waals surface area contributed by atoms with Gasteiger partial charge in [-0.3, -0.25) is 4.99 Å². The number of pyridine rings is 1. The third-order valence-electron chi connectivity index (χ3n) is 4.75. The third-order valence-corrected chi connectivity index (χ3v) is 4.75. The van der Waals surface area contributed by atoms with Crippen LogP contribution >= 0.6 is 24.0 Å². The maximum atomic E-state index is 4.74. The minimum Gasteiger partial charge on any atom is -0.357 e. The molecule has 0 bridgehead atoms. The predicted molar refractivity (Wildman–Crippen MR) is 115 cm³/mol. The van der Waals surface area contributed by atoms with E-state index in [1.165, 1.54) is 25.7 Å². The van der Waals surface area contributed by atoms with Crippen LogP contribution in [0.25, 0.3) is 5.65 Å². The lowest BCUT2D eigenvalue weighted by Gasteiger charge is -2.28. The van der Waals surface area contributed by atoms with Crippen molar-refractivity contribution in [1.29, 1.82) is 0 Å². The van der Waals surface area contributed by atoms with E-state index >= 15 is 0 Å². The molecule has 0 atom stereocenters. The van der Waals surface area contributed by atoms with E-state index in [-0.39, 0.29) is 24.0 Å². The average Bonchev–Trinajstić information content (AvgIpc) is 3.00. The van der Waals surface area contributed by atoms with Gasteiger partial charge in [-0.05, 0) is 50.7 Å². The van der Waals surface area contributed by atoms with E-state index in [1.54, 1.807) is 0 Å². The van der Waals surface area contributed by atoms with Crippen LogP contribution in [0.15, 0.2) is 35.6 Å². The molecule has 0 aliphatic heterocycles. The summed E-state index contributed by atoms with van der Waals surface area (Å²) in [6.07, 6.45) is 10.1. The van der Waals surface area contributed by atoms with Crippen molar-refractivity contribution in [2.45, 2.75) is 52.0 Å². The smallest absolute Gasteiger partial charge is 0.191 e. The number of aliphatic imine (C=N–C) groups is 1. The SMILES string of the molecule is CCNC(=NCCc1cn2ccccc2n1)NC1CCC(C)CC1.I. The Kier molecular flexibility index (Phi) is 7.99. The van der Waals surface area contributed by atoms with Gasteiger partial charge in [0.25, 0.3) is 0 Å². The molecule has 2 aromatic rings.